The highest BCUT2D eigenvalue weighted by Gasteiger charge is 2.54. The Bertz CT molecular complexity index is 659. The van der Waals surface area contributed by atoms with Crippen molar-refractivity contribution < 1.29 is 0 Å². The van der Waals surface area contributed by atoms with Gasteiger partial charge in [0.05, 0.1) is 0 Å². The van der Waals surface area contributed by atoms with E-state index in [-0.39, 0.29) is 0 Å². The van der Waals surface area contributed by atoms with Gasteiger partial charge in [0.15, 0.2) is 0 Å². The van der Waals surface area contributed by atoms with Crippen LogP contribution in [0.4, 0.5) is 5.69 Å². The average molecular weight is 335 g/mol. The lowest BCUT2D eigenvalue weighted by Gasteiger charge is -2.35. The average Bonchev–Trinajstić information content (AvgIpc) is 3.33. The van der Waals surface area contributed by atoms with Crippen LogP contribution in [0, 0.1) is 11.3 Å². The molecule has 4 rings (SSSR count). The zero-order chi connectivity index (χ0) is 17.1. The van der Waals surface area contributed by atoms with E-state index in [2.05, 4.69) is 77.5 Å². The molecule has 25 heavy (non-hydrogen) atoms. The number of rotatable bonds is 6. The van der Waals surface area contributed by atoms with Crippen molar-refractivity contribution >= 4 is 5.69 Å². The number of likely N-dealkylation sites (N-methyl/N-ethyl adjacent to an activating group) is 1. The fraction of sp³-hybridized carbons (Fsp3) is 0.478. The minimum Gasteiger partial charge on any atom is -0.371 e. The summed E-state index contributed by atoms with van der Waals surface area (Å²) >= 11 is 0. The highest BCUT2D eigenvalue weighted by Crippen LogP contribution is 2.59. The first-order valence-electron chi connectivity index (χ1n) is 9.78. The van der Waals surface area contributed by atoms with Crippen molar-refractivity contribution in [3.63, 3.8) is 0 Å². The first-order chi connectivity index (χ1) is 12.3. The van der Waals surface area contributed by atoms with Crippen LogP contribution in [-0.2, 0) is 6.42 Å². The van der Waals surface area contributed by atoms with Crippen molar-refractivity contribution in [1.82, 2.24) is 4.90 Å². The van der Waals surface area contributed by atoms with Crippen molar-refractivity contribution in [2.24, 2.45) is 11.3 Å². The first kappa shape index (κ1) is 16.7. The monoisotopic (exact) mass is 334 g/mol. The summed E-state index contributed by atoms with van der Waals surface area (Å²) in [6.07, 6.45) is 5.36. The Morgan fingerprint density at radius 3 is 2.28 bits per heavy atom. The molecule has 2 fully saturated rings. The van der Waals surface area contributed by atoms with Crippen LogP contribution in [0.3, 0.4) is 0 Å². The van der Waals surface area contributed by atoms with E-state index >= 15 is 0 Å². The van der Waals surface area contributed by atoms with Crippen LogP contribution < -0.4 is 4.90 Å². The summed E-state index contributed by atoms with van der Waals surface area (Å²) in [5.41, 5.74) is 3.51. The van der Waals surface area contributed by atoms with Gasteiger partial charge in [0.1, 0.15) is 0 Å². The summed E-state index contributed by atoms with van der Waals surface area (Å²) in [7, 11) is 2.30. The van der Waals surface area contributed by atoms with Gasteiger partial charge in [0.2, 0.25) is 0 Å². The second kappa shape index (κ2) is 7.21. The molecular formula is C23H30N2. The Kier molecular flexibility index (Phi) is 4.80. The second-order valence-corrected chi connectivity index (χ2v) is 8.08. The highest BCUT2D eigenvalue weighted by molar-refractivity contribution is 5.46. The van der Waals surface area contributed by atoms with Gasteiger partial charge in [-0.05, 0) is 61.8 Å². The minimum atomic E-state index is 0.659. The molecule has 0 radical (unpaired) electrons. The van der Waals surface area contributed by atoms with Crippen LogP contribution in [0.25, 0.3) is 0 Å². The van der Waals surface area contributed by atoms with Crippen molar-refractivity contribution in [2.75, 3.05) is 38.1 Å². The van der Waals surface area contributed by atoms with Crippen LogP contribution >= 0.6 is 0 Å². The van der Waals surface area contributed by atoms with Crippen molar-refractivity contribution in [1.29, 1.82) is 0 Å². The summed E-state index contributed by atoms with van der Waals surface area (Å²) in [5.74, 6) is 0.922. The number of hydrogen-bond donors (Lipinski definition) is 0. The van der Waals surface area contributed by atoms with Crippen LogP contribution in [0.1, 0.15) is 24.8 Å². The smallest absolute Gasteiger partial charge is 0.0366 e. The maximum Gasteiger partial charge on any atom is 0.0366 e. The molecule has 1 spiro atoms. The van der Waals surface area contributed by atoms with Crippen LogP contribution in [-0.4, -0.2) is 38.1 Å². The van der Waals surface area contributed by atoms with Gasteiger partial charge in [-0.2, -0.15) is 0 Å². The minimum absolute atomic E-state index is 0.659. The number of anilines is 1. The maximum absolute atomic E-state index is 2.57. The third-order valence-electron chi connectivity index (χ3n) is 6.40. The fourth-order valence-corrected chi connectivity index (χ4v) is 4.58. The molecule has 2 aromatic carbocycles. The van der Waals surface area contributed by atoms with Gasteiger partial charge >= 0.3 is 0 Å². The zero-order valence-electron chi connectivity index (χ0n) is 15.4. The van der Waals surface area contributed by atoms with E-state index in [0.29, 0.717) is 5.41 Å². The molecule has 1 heterocycles. The molecule has 2 aromatic rings. The van der Waals surface area contributed by atoms with Gasteiger partial charge in [-0.15, -0.1) is 0 Å². The van der Waals surface area contributed by atoms with Crippen molar-refractivity contribution in [3.05, 3.63) is 66.2 Å². The molecule has 1 unspecified atom stereocenters. The number of benzene rings is 2. The van der Waals surface area contributed by atoms with Gasteiger partial charge in [-0.3, -0.25) is 0 Å². The molecule has 1 aliphatic heterocycles. The normalized spacial score (nSPS) is 21.7. The Balaban J connectivity index is 1.23. The quantitative estimate of drug-likeness (QED) is 0.769. The Morgan fingerprint density at radius 1 is 0.960 bits per heavy atom. The van der Waals surface area contributed by atoms with E-state index in [0.717, 1.165) is 5.92 Å². The fourth-order valence-electron chi connectivity index (χ4n) is 4.58. The van der Waals surface area contributed by atoms with Gasteiger partial charge in [-0.1, -0.05) is 48.5 Å². The molecule has 1 atom stereocenters. The van der Waals surface area contributed by atoms with E-state index < -0.39 is 0 Å². The Morgan fingerprint density at radius 2 is 1.60 bits per heavy atom. The number of hydrogen-bond acceptors (Lipinski definition) is 2. The SMILES string of the molecule is CN(CCc1ccccc1)CC1CC12CCN(c1ccccc1)CC2. The summed E-state index contributed by atoms with van der Waals surface area (Å²) in [5, 5.41) is 0. The third-order valence-corrected chi connectivity index (χ3v) is 6.40. The van der Waals surface area contributed by atoms with Crippen molar-refractivity contribution in [2.45, 2.75) is 25.7 Å². The lowest BCUT2D eigenvalue weighted by atomic mass is 9.90. The predicted octanol–water partition coefficient (Wildman–Crippen LogP) is 4.47. The van der Waals surface area contributed by atoms with Crippen LogP contribution in [0.5, 0.6) is 0 Å². The molecule has 0 N–H and O–H groups in total. The summed E-state index contributed by atoms with van der Waals surface area (Å²) in [6, 6.07) is 21.8. The highest BCUT2D eigenvalue weighted by atomic mass is 15.1. The largest absolute Gasteiger partial charge is 0.371 e. The van der Waals surface area contributed by atoms with E-state index in [1.165, 1.54) is 63.1 Å². The third kappa shape index (κ3) is 3.90. The van der Waals surface area contributed by atoms with E-state index in [1.807, 2.05) is 0 Å². The van der Waals surface area contributed by atoms with E-state index in [1.54, 1.807) is 0 Å². The summed E-state index contributed by atoms with van der Waals surface area (Å²) < 4.78 is 0. The number of piperidine rings is 1. The number of nitrogens with zero attached hydrogens (tertiary/aromatic N) is 2. The van der Waals surface area contributed by atoms with Crippen molar-refractivity contribution in [3.8, 4) is 0 Å². The molecule has 0 bridgehead atoms. The van der Waals surface area contributed by atoms with Gasteiger partial charge in [0, 0.05) is 31.9 Å². The standard InChI is InChI=1S/C23H30N2/c1-24(15-12-20-8-4-2-5-9-20)19-21-18-23(21)13-16-25(17-14-23)22-10-6-3-7-11-22/h2-11,21H,12-19H2,1H3. The second-order valence-electron chi connectivity index (χ2n) is 8.08. The zero-order valence-corrected chi connectivity index (χ0v) is 15.4. The van der Waals surface area contributed by atoms with Crippen LogP contribution in [0.2, 0.25) is 0 Å². The molecular weight excluding hydrogens is 304 g/mol. The summed E-state index contributed by atoms with van der Waals surface area (Å²) in [6.45, 7) is 4.91. The predicted molar refractivity (Wildman–Crippen MR) is 106 cm³/mol. The molecule has 2 aliphatic rings. The van der Waals surface area contributed by atoms with E-state index in [4.69, 9.17) is 0 Å². The number of para-hydroxylation sites is 1. The molecule has 1 saturated heterocycles. The lowest BCUT2D eigenvalue weighted by molar-refractivity contribution is 0.272. The van der Waals surface area contributed by atoms with Crippen LogP contribution in [0.15, 0.2) is 60.7 Å². The lowest BCUT2D eigenvalue weighted by Crippen LogP contribution is -2.36. The summed E-state index contributed by atoms with van der Waals surface area (Å²) in [4.78, 5) is 5.12. The Hall–Kier alpha value is -1.80. The molecule has 0 aromatic heterocycles. The van der Waals surface area contributed by atoms with E-state index in [9.17, 15) is 0 Å². The maximum atomic E-state index is 2.57. The van der Waals surface area contributed by atoms with Gasteiger partial charge in [-0.25, -0.2) is 0 Å². The molecule has 132 valence electrons. The molecule has 1 aliphatic carbocycles. The molecule has 0 amide bonds. The van der Waals surface area contributed by atoms with Gasteiger partial charge < -0.3 is 9.80 Å². The molecule has 2 nitrogen and oxygen atoms in total. The Labute approximate surface area is 152 Å². The first-order valence-corrected chi connectivity index (χ1v) is 9.78. The molecule has 1 saturated carbocycles. The molecule has 2 heteroatoms. The van der Waals surface area contributed by atoms with Gasteiger partial charge in [0.25, 0.3) is 0 Å². The topological polar surface area (TPSA) is 6.48 Å².